The molecule has 0 saturated carbocycles. The van der Waals surface area contributed by atoms with Crippen LogP contribution in [0.5, 0.6) is 0 Å². The maximum absolute atomic E-state index is 13.1. The molecule has 0 unspecified atom stereocenters. The Morgan fingerprint density at radius 1 is 1.20 bits per heavy atom. The first-order valence-electron chi connectivity index (χ1n) is 6.33. The molecule has 4 heteroatoms. The third-order valence-electron chi connectivity index (χ3n) is 3.11. The van der Waals surface area contributed by atoms with Crippen LogP contribution in [0.2, 0.25) is 0 Å². The molecular formula is C16H16FNO2. The molecule has 2 rings (SSSR count). The zero-order chi connectivity index (χ0) is 14.5. The summed E-state index contributed by atoms with van der Waals surface area (Å²) in [6.07, 6.45) is 0. The number of nitrogens with zero attached hydrogens (tertiary/aromatic N) is 1. The van der Waals surface area contributed by atoms with Gasteiger partial charge in [0.2, 0.25) is 0 Å². The van der Waals surface area contributed by atoms with Crippen molar-refractivity contribution >= 4 is 11.7 Å². The van der Waals surface area contributed by atoms with E-state index < -0.39 is 5.97 Å². The number of para-hydroxylation sites is 1. The van der Waals surface area contributed by atoms with Crippen LogP contribution in [0, 0.1) is 12.7 Å². The number of carboxylic acids is 1. The quantitative estimate of drug-likeness (QED) is 0.909. The fourth-order valence-corrected chi connectivity index (χ4v) is 2.08. The second kappa shape index (κ2) is 6.19. The van der Waals surface area contributed by atoms with Crippen molar-refractivity contribution in [3.05, 3.63) is 65.5 Å². The Morgan fingerprint density at radius 2 is 1.90 bits per heavy atom. The number of rotatable bonds is 5. The lowest BCUT2D eigenvalue weighted by atomic mass is 10.1. The zero-order valence-electron chi connectivity index (χ0n) is 11.2. The lowest BCUT2D eigenvalue weighted by molar-refractivity contribution is -0.135. The van der Waals surface area contributed by atoms with E-state index in [1.165, 1.54) is 12.1 Å². The van der Waals surface area contributed by atoms with Gasteiger partial charge in [-0.25, -0.2) is 4.39 Å². The zero-order valence-corrected chi connectivity index (χ0v) is 11.2. The van der Waals surface area contributed by atoms with E-state index in [1.807, 2.05) is 37.3 Å². The van der Waals surface area contributed by atoms with Gasteiger partial charge in [-0.1, -0.05) is 24.3 Å². The highest BCUT2D eigenvalue weighted by Crippen LogP contribution is 2.19. The van der Waals surface area contributed by atoms with Crippen molar-refractivity contribution in [3.8, 4) is 0 Å². The molecular weight excluding hydrogens is 257 g/mol. The Hall–Kier alpha value is -2.36. The number of aryl methyl sites for hydroxylation is 1. The van der Waals surface area contributed by atoms with Crippen molar-refractivity contribution in [2.75, 3.05) is 11.4 Å². The molecule has 2 aromatic carbocycles. The molecule has 0 saturated heterocycles. The molecule has 0 radical (unpaired) electrons. The van der Waals surface area contributed by atoms with Crippen LogP contribution in [0.1, 0.15) is 11.1 Å². The van der Waals surface area contributed by atoms with Gasteiger partial charge in [-0.3, -0.25) is 4.79 Å². The Kier molecular flexibility index (Phi) is 4.35. The maximum Gasteiger partial charge on any atom is 0.323 e. The van der Waals surface area contributed by atoms with Gasteiger partial charge >= 0.3 is 5.97 Å². The van der Waals surface area contributed by atoms with E-state index in [1.54, 1.807) is 11.0 Å². The van der Waals surface area contributed by atoms with Gasteiger partial charge in [0.25, 0.3) is 0 Å². The minimum Gasteiger partial charge on any atom is -0.480 e. The van der Waals surface area contributed by atoms with Gasteiger partial charge in [0, 0.05) is 12.2 Å². The summed E-state index contributed by atoms with van der Waals surface area (Å²) < 4.78 is 13.1. The molecule has 1 N–H and O–H groups in total. The molecule has 2 aromatic rings. The Morgan fingerprint density at radius 3 is 2.50 bits per heavy atom. The van der Waals surface area contributed by atoms with Crippen LogP contribution in [0.25, 0.3) is 0 Å². The predicted molar refractivity (Wildman–Crippen MR) is 76.3 cm³/mol. The second-order valence-electron chi connectivity index (χ2n) is 4.66. The minimum atomic E-state index is -0.895. The summed E-state index contributed by atoms with van der Waals surface area (Å²) in [4.78, 5) is 12.8. The number of benzene rings is 2. The van der Waals surface area contributed by atoms with Crippen LogP contribution in [-0.2, 0) is 11.3 Å². The molecule has 0 aliphatic rings. The fourth-order valence-electron chi connectivity index (χ4n) is 2.08. The molecule has 0 atom stereocenters. The molecule has 0 aliphatic heterocycles. The maximum atomic E-state index is 13.1. The smallest absolute Gasteiger partial charge is 0.323 e. The molecule has 20 heavy (non-hydrogen) atoms. The lowest BCUT2D eigenvalue weighted by Crippen LogP contribution is -2.29. The minimum absolute atomic E-state index is 0.0964. The van der Waals surface area contributed by atoms with Crippen LogP contribution in [-0.4, -0.2) is 17.6 Å². The van der Waals surface area contributed by atoms with Crippen molar-refractivity contribution in [2.24, 2.45) is 0 Å². The standard InChI is InChI=1S/C16H16FNO2/c1-12-9-14(17)8-7-13(12)10-18(11-16(19)20)15-5-3-2-4-6-15/h2-9H,10-11H2,1H3,(H,19,20). The van der Waals surface area contributed by atoms with Crippen molar-refractivity contribution in [3.63, 3.8) is 0 Å². The van der Waals surface area contributed by atoms with Gasteiger partial charge in [-0.15, -0.1) is 0 Å². The third kappa shape index (κ3) is 3.57. The van der Waals surface area contributed by atoms with Crippen LogP contribution < -0.4 is 4.90 Å². The van der Waals surface area contributed by atoms with Gasteiger partial charge in [-0.05, 0) is 42.3 Å². The highest BCUT2D eigenvalue weighted by atomic mass is 19.1. The van der Waals surface area contributed by atoms with Crippen molar-refractivity contribution in [1.29, 1.82) is 0 Å². The van der Waals surface area contributed by atoms with Crippen molar-refractivity contribution in [2.45, 2.75) is 13.5 Å². The van der Waals surface area contributed by atoms with Crippen LogP contribution in [0.4, 0.5) is 10.1 Å². The summed E-state index contributed by atoms with van der Waals surface area (Å²) in [6.45, 7) is 2.16. The summed E-state index contributed by atoms with van der Waals surface area (Å²) in [5.41, 5.74) is 2.56. The number of carbonyl (C=O) groups is 1. The summed E-state index contributed by atoms with van der Waals surface area (Å²) in [6, 6.07) is 13.9. The van der Waals surface area contributed by atoms with E-state index in [9.17, 15) is 9.18 Å². The summed E-state index contributed by atoms with van der Waals surface area (Å²) in [5.74, 6) is -1.18. The molecule has 0 bridgehead atoms. The number of carboxylic acid groups (broad SMARTS) is 1. The van der Waals surface area contributed by atoms with Crippen LogP contribution in [0.15, 0.2) is 48.5 Å². The summed E-state index contributed by atoms with van der Waals surface area (Å²) in [7, 11) is 0. The molecule has 0 spiro atoms. The lowest BCUT2D eigenvalue weighted by Gasteiger charge is -2.23. The third-order valence-corrected chi connectivity index (χ3v) is 3.11. The highest BCUT2D eigenvalue weighted by molar-refractivity contribution is 5.73. The number of hydrogen-bond donors (Lipinski definition) is 1. The van der Waals surface area contributed by atoms with E-state index in [0.29, 0.717) is 6.54 Å². The normalized spacial score (nSPS) is 10.3. The van der Waals surface area contributed by atoms with Gasteiger partial charge in [0.1, 0.15) is 12.4 Å². The van der Waals surface area contributed by atoms with Crippen molar-refractivity contribution in [1.82, 2.24) is 0 Å². The SMILES string of the molecule is Cc1cc(F)ccc1CN(CC(=O)O)c1ccccc1. The second-order valence-corrected chi connectivity index (χ2v) is 4.66. The first-order chi connectivity index (χ1) is 9.56. The molecule has 0 amide bonds. The van der Waals surface area contributed by atoms with E-state index in [-0.39, 0.29) is 12.4 Å². The van der Waals surface area contributed by atoms with Gasteiger partial charge < -0.3 is 10.0 Å². The molecule has 0 heterocycles. The first-order valence-corrected chi connectivity index (χ1v) is 6.33. The number of aliphatic carboxylic acids is 1. The summed E-state index contributed by atoms with van der Waals surface area (Å²) >= 11 is 0. The average Bonchev–Trinajstić information content (AvgIpc) is 2.41. The average molecular weight is 273 g/mol. The largest absolute Gasteiger partial charge is 0.480 e. The summed E-state index contributed by atoms with van der Waals surface area (Å²) in [5, 5.41) is 9.03. The van der Waals surface area contributed by atoms with E-state index in [2.05, 4.69) is 0 Å². The van der Waals surface area contributed by atoms with E-state index in [0.717, 1.165) is 16.8 Å². The Bertz CT molecular complexity index is 599. The highest BCUT2D eigenvalue weighted by Gasteiger charge is 2.12. The van der Waals surface area contributed by atoms with Gasteiger partial charge in [0.15, 0.2) is 0 Å². The Labute approximate surface area is 117 Å². The topological polar surface area (TPSA) is 40.5 Å². The molecule has 0 aromatic heterocycles. The predicted octanol–water partition coefficient (Wildman–Crippen LogP) is 3.23. The molecule has 0 aliphatic carbocycles. The fraction of sp³-hybridized carbons (Fsp3) is 0.188. The molecule has 104 valence electrons. The van der Waals surface area contributed by atoms with E-state index >= 15 is 0 Å². The van der Waals surface area contributed by atoms with Crippen LogP contribution in [0.3, 0.4) is 0 Å². The van der Waals surface area contributed by atoms with Gasteiger partial charge in [-0.2, -0.15) is 0 Å². The number of anilines is 1. The van der Waals surface area contributed by atoms with Crippen molar-refractivity contribution < 1.29 is 14.3 Å². The number of hydrogen-bond acceptors (Lipinski definition) is 2. The van der Waals surface area contributed by atoms with E-state index in [4.69, 9.17) is 5.11 Å². The molecule has 3 nitrogen and oxygen atoms in total. The van der Waals surface area contributed by atoms with Crippen LogP contribution >= 0.6 is 0 Å². The Balaban J connectivity index is 2.26. The van der Waals surface area contributed by atoms with Gasteiger partial charge in [0.05, 0.1) is 0 Å². The molecule has 0 fully saturated rings. The number of halogens is 1. The first kappa shape index (κ1) is 14.1. The monoisotopic (exact) mass is 273 g/mol.